The normalized spacial score (nSPS) is 20.8. The maximum absolute atomic E-state index is 15.5. The summed E-state index contributed by atoms with van der Waals surface area (Å²) in [5.41, 5.74) is 4.86. The van der Waals surface area contributed by atoms with Crippen LogP contribution < -0.4 is 16.0 Å². The topological polar surface area (TPSA) is 110 Å². The number of amides is 1. The Morgan fingerprint density at radius 3 is 2.61 bits per heavy atom. The van der Waals surface area contributed by atoms with Crippen LogP contribution in [0.15, 0.2) is 24.7 Å². The van der Waals surface area contributed by atoms with Gasteiger partial charge in [-0.3, -0.25) is 14.7 Å². The van der Waals surface area contributed by atoms with E-state index in [1.807, 2.05) is 4.90 Å². The Labute approximate surface area is 206 Å². The molecule has 2 fully saturated rings. The highest BCUT2D eigenvalue weighted by molar-refractivity contribution is 5.79. The van der Waals surface area contributed by atoms with Crippen LogP contribution >= 0.6 is 0 Å². The van der Waals surface area contributed by atoms with Crippen molar-refractivity contribution in [2.45, 2.75) is 38.0 Å². The second kappa shape index (κ2) is 10.9. The van der Waals surface area contributed by atoms with Crippen molar-refractivity contribution in [3.8, 4) is 0 Å². The van der Waals surface area contributed by atoms with Crippen LogP contribution in [0.2, 0.25) is 0 Å². The minimum atomic E-state index is -4.50. The number of piperidine rings is 1. The first kappa shape index (κ1) is 26.0. The zero-order chi connectivity index (χ0) is 25.9. The predicted molar refractivity (Wildman–Crippen MR) is 124 cm³/mol. The third-order valence-electron chi connectivity index (χ3n) is 6.79. The molecule has 196 valence electrons. The Kier molecular flexibility index (Phi) is 7.88. The van der Waals surface area contributed by atoms with Crippen LogP contribution in [0.4, 0.5) is 29.2 Å². The molecule has 2 atom stereocenters. The van der Waals surface area contributed by atoms with Gasteiger partial charge in [-0.25, -0.2) is 9.97 Å². The van der Waals surface area contributed by atoms with E-state index in [9.17, 15) is 18.0 Å². The summed E-state index contributed by atoms with van der Waals surface area (Å²) >= 11 is 0. The minimum Gasteiger partial charge on any atom is -0.377 e. The molecule has 2 aromatic heterocycles. The van der Waals surface area contributed by atoms with Gasteiger partial charge in [0.05, 0.1) is 36.6 Å². The van der Waals surface area contributed by atoms with E-state index in [2.05, 4.69) is 20.3 Å². The van der Waals surface area contributed by atoms with Crippen LogP contribution in [0.3, 0.4) is 0 Å². The summed E-state index contributed by atoms with van der Waals surface area (Å²) in [7, 11) is 0. The van der Waals surface area contributed by atoms with Crippen molar-refractivity contribution >= 4 is 17.5 Å². The number of carbonyl (C=O) groups is 1. The molecule has 2 aliphatic rings. The van der Waals surface area contributed by atoms with Crippen molar-refractivity contribution in [2.75, 3.05) is 49.6 Å². The van der Waals surface area contributed by atoms with Gasteiger partial charge in [-0.2, -0.15) is 17.6 Å². The van der Waals surface area contributed by atoms with Crippen molar-refractivity contribution in [3.05, 3.63) is 41.7 Å². The maximum atomic E-state index is 15.5. The number of pyridine rings is 1. The molecule has 2 unspecified atom stereocenters. The fraction of sp³-hybridized carbons (Fsp3) is 0.565. The van der Waals surface area contributed by atoms with Gasteiger partial charge in [0.1, 0.15) is 6.33 Å². The second-order valence-corrected chi connectivity index (χ2v) is 9.05. The number of nitrogens with one attached hydrogen (secondary N) is 1. The SMILES string of the molecule is CC(C(N)=O)N1CCC(CNc2ncnc(N3CCOCC3c3ccc(C(F)(F)F)cn3)c2F)CC1. The number of rotatable bonds is 7. The first-order chi connectivity index (χ1) is 17.1. The van der Waals surface area contributed by atoms with E-state index in [0.29, 0.717) is 18.8 Å². The summed E-state index contributed by atoms with van der Waals surface area (Å²) in [5.74, 6) is -0.635. The fourth-order valence-corrected chi connectivity index (χ4v) is 4.52. The molecular weight excluding hydrogens is 482 g/mol. The van der Waals surface area contributed by atoms with E-state index >= 15 is 4.39 Å². The maximum Gasteiger partial charge on any atom is 0.417 e. The molecule has 4 heterocycles. The highest BCUT2D eigenvalue weighted by atomic mass is 19.4. The number of carbonyl (C=O) groups excluding carboxylic acids is 1. The molecule has 1 amide bonds. The van der Waals surface area contributed by atoms with Crippen LogP contribution in [-0.2, 0) is 15.7 Å². The van der Waals surface area contributed by atoms with Crippen molar-refractivity contribution in [1.29, 1.82) is 0 Å². The van der Waals surface area contributed by atoms with Gasteiger partial charge in [0.15, 0.2) is 11.6 Å². The molecule has 2 saturated heterocycles. The highest BCUT2D eigenvalue weighted by Gasteiger charge is 2.33. The Morgan fingerprint density at radius 2 is 1.97 bits per heavy atom. The lowest BCUT2D eigenvalue weighted by Crippen LogP contribution is -2.47. The first-order valence-electron chi connectivity index (χ1n) is 11.8. The van der Waals surface area contributed by atoms with Crippen molar-refractivity contribution in [2.24, 2.45) is 11.7 Å². The zero-order valence-corrected chi connectivity index (χ0v) is 19.8. The van der Waals surface area contributed by atoms with Gasteiger partial charge in [-0.15, -0.1) is 0 Å². The smallest absolute Gasteiger partial charge is 0.377 e. The molecule has 0 aliphatic carbocycles. The number of likely N-dealkylation sites (tertiary alicyclic amines) is 1. The van der Waals surface area contributed by atoms with Crippen LogP contribution in [0.1, 0.15) is 37.1 Å². The summed E-state index contributed by atoms with van der Waals surface area (Å²) in [5, 5.41) is 3.07. The molecule has 2 aromatic rings. The van der Waals surface area contributed by atoms with Gasteiger partial charge in [0.2, 0.25) is 11.7 Å². The van der Waals surface area contributed by atoms with Gasteiger partial charge in [-0.1, -0.05) is 0 Å². The second-order valence-electron chi connectivity index (χ2n) is 9.05. The lowest BCUT2D eigenvalue weighted by Gasteiger charge is -2.36. The summed E-state index contributed by atoms with van der Waals surface area (Å²) in [6, 6.07) is 1.31. The number of halogens is 4. The van der Waals surface area contributed by atoms with Gasteiger partial charge in [0.25, 0.3) is 0 Å². The van der Waals surface area contributed by atoms with E-state index in [1.165, 1.54) is 12.4 Å². The molecule has 9 nitrogen and oxygen atoms in total. The lowest BCUT2D eigenvalue weighted by atomic mass is 9.95. The Hall–Kier alpha value is -3.06. The number of nitrogens with zero attached hydrogens (tertiary/aromatic N) is 5. The average molecular weight is 512 g/mol. The van der Waals surface area contributed by atoms with Crippen molar-refractivity contribution in [3.63, 3.8) is 0 Å². The number of morpholine rings is 1. The number of ether oxygens (including phenoxy) is 1. The molecule has 2 aliphatic heterocycles. The molecule has 36 heavy (non-hydrogen) atoms. The quantitative estimate of drug-likeness (QED) is 0.546. The van der Waals surface area contributed by atoms with Crippen LogP contribution in [0, 0.1) is 11.7 Å². The minimum absolute atomic E-state index is 0.0348. The summed E-state index contributed by atoms with van der Waals surface area (Å²) < 4.78 is 59.8. The number of primary amides is 1. The Bertz CT molecular complexity index is 1050. The molecule has 0 aromatic carbocycles. The first-order valence-corrected chi connectivity index (χ1v) is 11.8. The number of hydrogen-bond acceptors (Lipinski definition) is 8. The van der Waals surface area contributed by atoms with Crippen molar-refractivity contribution in [1.82, 2.24) is 19.9 Å². The molecule has 0 saturated carbocycles. The Balaban J connectivity index is 1.44. The molecular formula is C23H29F4N7O2. The third kappa shape index (κ3) is 5.84. The summed E-state index contributed by atoms with van der Waals surface area (Å²) in [4.78, 5) is 27.2. The molecule has 3 N–H and O–H groups in total. The fourth-order valence-electron chi connectivity index (χ4n) is 4.52. The monoisotopic (exact) mass is 511 g/mol. The lowest BCUT2D eigenvalue weighted by molar-refractivity contribution is -0.137. The van der Waals surface area contributed by atoms with Gasteiger partial charge < -0.3 is 20.7 Å². The predicted octanol–water partition coefficient (Wildman–Crippen LogP) is 2.61. The van der Waals surface area contributed by atoms with Crippen LogP contribution in [0.5, 0.6) is 0 Å². The number of aromatic nitrogens is 3. The van der Waals surface area contributed by atoms with Crippen molar-refractivity contribution < 1.29 is 27.1 Å². The number of anilines is 2. The van der Waals surface area contributed by atoms with Crippen LogP contribution in [-0.4, -0.2) is 71.2 Å². The number of nitrogens with two attached hydrogens (primary N) is 1. The molecule has 0 spiro atoms. The molecule has 13 heteroatoms. The largest absolute Gasteiger partial charge is 0.417 e. The average Bonchev–Trinajstić information content (AvgIpc) is 2.87. The van der Waals surface area contributed by atoms with Gasteiger partial charge in [-0.05, 0) is 50.9 Å². The van der Waals surface area contributed by atoms with Gasteiger partial charge in [0, 0.05) is 19.3 Å². The zero-order valence-electron chi connectivity index (χ0n) is 19.8. The van der Waals surface area contributed by atoms with E-state index in [4.69, 9.17) is 10.5 Å². The summed E-state index contributed by atoms with van der Waals surface area (Å²) in [6.07, 6.45) is -0.819. The highest BCUT2D eigenvalue weighted by Crippen LogP contribution is 2.33. The van der Waals surface area contributed by atoms with Gasteiger partial charge >= 0.3 is 6.18 Å². The van der Waals surface area contributed by atoms with E-state index in [0.717, 1.165) is 38.2 Å². The molecule has 0 bridgehead atoms. The van der Waals surface area contributed by atoms with E-state index < -0.39 is 23.6 Å². The summed E-state index contributed by atoms with van der Waals surface area (Å²) in [6.45, 7) is 4.47. The van der Waals surface area contributed by atoms with Crippen LogP contribution in [0.25, 0.3) is 0 Å². The molecule has 0 radical (unpaired) electrons. The number of alkyl halides is 3. The standard InChI is InChI=1S/C23H29F4N7O2/c1-14(20(28)35)33-6-4-15(5-7-33)10-30-21-19(24)22(32-13-31-21)34-8-9-36-12-18(34)17-3-2-16(11-29-17)23(25,26)27/h2-3,11,13-15,18H,4-10,12H2,1H3,(H2,28,35)(H,30,31,32). The Morgan fingerprint density at radius 1 is 1.22 bits per heavy atom. The molecule has 4 rings (SSSR count). The number of hydrogen-bond donors (Lipinski definition) is 2. The van der Waals surface area contributed by atoms with E-state index in [1.54, 1.807) is 11.8 Å². The third-order valence-corrected chi connectivity index (χ3v) is 6.79. The van der Waals surface area contributed by atoms with E-state index in [-0.39, 0.29) is 42.7 Å².